The van der Waals surface area contributed by atoms with Crippen LogP contribution in [0, 0.1) is 5.82 Å². The highest BCUT2D eigenvalue weighted by Gasteiger charge is 2.20. The summed E-state index contributed by atoms with van der Waals surface area (Å²) in [7, 11) is -2.02. The Bertz CT molecular complexity index is 988. The summed E-state index contributed by atoms with van der Waals surface area (Å²) in [6, 6.07) is 12.0. The third-order valence-corrected chi connectivity index (χ3v) is 5.83. The number of amidine groups is 1. The maximum Gasteiger partial charge on any atom is 0.284 e. The van der Waals surface area contributed by atoms with Gasteiger partial charge in [0.15, 0.2) is 0 Å². The number of carbonyl (C=O) groups is 1. The van der Waals surface area contributed by atoms with E-state index in [4.69, 9.17) is 0 Å². The Labute approximate surface area is 164 Å². The fourth-order valence-electron chi connectivity index (χ4n) is 2.97. The van der Waals surface area contributed by atoms with E-state index in [0.29, 0.717) is 24.4 Å². The van der Waals surface area contributed by atoms with Crippen LogP contribution in [0.15, 0.2) is 57.8 Å². The summed E-state index contributed by atoms with van der Waals surface area (Å²) in [6.07, 6.45) is 2.18. The molecule has 2 aromatic carbocycles. The largest absolute Gasteiger partial charge is 0.362 e. The Kier molecular flexibility index (Phi) is 6.08. The average Bonchev–Trinajstić information content (AvgIpc) is 3.05. The molecular weight excluding hydrogens is 381 g/mol. The number of nitrogens with one attached hydrogen (secondary N) is 1. The molecule has 1 fully saturated rings. The maximum atomic E-state index is 12.9. The molecule has 0 unspecified atom stereocenters. The molecular formula is C20H22FN3O3S. The first-order chi connectivity index (χ1) is 13.3. The second-order valence-electron chi connectivity index (χ2n) is 6.71. The molecule has 2 aromatic rings. The van der Waals surface area contributed by atoms with Gasteiger partial charge in [-0.2, -0.15) is 8.42 Å². The highest BCUT2D eigenvalue weighted by Crippen LogP contribution is 2.20. The van der Waals surface area contributed by atoms with Crippen molar-refractivity contribution in [2.24, 2.45) is 4.40 Å². The van der Waals surface area contributed by atoms with Crippen LogP contribution in [0.4, 0.5) is 10.1 Å². The van der Waals surface area contributed by atoms with Crippen molar-refractivity contribution in [2.75, 3.05) is 18.9 Å². The van der Waals surface area contributed by atoms with Crippen LogP contribution in [0.25, 0.3) is 0 Å². The number of nitrogens with zero attached hydrogens (tertiary/aromatic N) is 2. The van der Waals surface area contributed by atoms with Crippen LogP contribution in [-0.4, -0.2) is 38.7 Å². The van der Waals surface area contributed by atoms with E-state index in [1.54, 1.807) is 24.3 Å². The van der Waals surface area contributed by atoms with Crippen LogP contribution in [0.1, 0.15) is 24.8 Å². The Morgan fingerprint density at radius 2 is 1.96 bits per heavy atom. The zero-order chi connectivity index (χ0) is 20.1. The van der Waals surface area contributed by atoms with Gasteiger partial charge in [0.25, 0.3) is 10.0 Å². The molecule has 0 aromatic heterocycles. The number of benzene rings is 2. The molecule has 8 heteroatoms. The number of sulfonamides is 1. The van der Waals surface area contributed by atoms with E-state index in [1.807, 2.05) is 11.9 Å². The van der Waals surface area contributed by atoms with Crippen molar-refractivity contribution in [2.45, 2.75) is 30.6 Å². The lowest BCUT2D eigenvalue weighted by Crippen LogP contribution is -2.20. The molecule has 3 rings (SSSR count). The van der Waals surface area contributed by atoms with Crippen molar-refractivity contribution < 1.29 is 17.6 Å². The zero-order valence-electron chi connectivity index (χ0n) is 15.6. The molecule has 6 nitrogen and oxygen atoms in total. The van der Waals surface area contributed by atoms with Crippen LogP contribution < -0.4 is 5.32 Å². The van der Waals surface area contributed by atoms with E-state index in [0.717, 1.165) is 18.5 Å². The second-order valence-corrected chi connectivity index (χ2v) is 8.31. The smallest absolute Gasteiger partial charge is 0.284 e. The number of hydrogen-bond donors (Lipinski definition) is 1. The first kappa shape index (κ1) is 20.0. The predicted octanol–water partition coefficient (Wildman–Crippen LogP) is 3.21. The lowest BCUT2D eigenvalue weighted by atomic mass is 10.1. The SMILES string of the molecule is CN1CCC/C1=N\S(=O)(=O)c1cccc(NC(=O)CCc2ccc(F)cc2)c1. The molecule has 1 aliphatic rings. The highest BCUT2D eigenvalue weighted by atomic mass is 32.2. The molecule has 0 bridgehead atoms. The maximum absolute atomic E-state index is 12.9. The number of amides is 1. The number of anilines is 1. The summed E-state index contributed by atoms with van der Waals surface area (Å²) < 4.78 is 42.0. The number of rotatable bonds is 6. The summed E-state index contributed by atoms with van der Waals surface area (Å²) in [5, 5.41) is 2.70. The van der Waals surface area contributed by atoms with Gasteiger partial charge in [-0.3, -0.25) is 4.79 Å². The lowest BCUT2D eigenvalue weighted by Gasteiger charge is -2.11. The van der Waals surface area contributed by atoms with Crippen LogP contribution in [0.2, 0.25) is 0 Å². The molecule has 148 valence electrons. The van der Waals surface area contributed by atoms with Gasteiger partial charge in [-0.05, 0) is 48.7 Å². The summed E-state index contributed by atoms with van der Waals surface area (Å²) in [5.74, 6) is -0.0203. The van der Waals surface area contributed by atoms with Crippen molar-refractivity contribution in [1.29, 1.82) is 0 Å². The van der Waals surface area contributed by atoms with E-state index >= 15 is 0 Å². The first-order valence-corrected chi connectivity index (χ1v) is 10.5. The summed E-state index contributed by atoms with van der Waals surface area (Å²) in [5.41, 5.74) is 1.24. The Hall–Kier alpha value is -2.74. The van der Waals surface area contributed by atoms with Crippen molar-refractivity contribution in [3.63, 3.8) is 0 Å². The standard InChI is InChI=1S/C20H22FN3O3S/c1-24-13-3-6-19(24)23-28(26,27)18-5-2-4-17(14-18)22-20(25)12-9-15-7-10-16(21)11-8-15/h2,4-5,7-8,10-11,14H,3,6,9,12-13H2,1H3,(H,22,25)/b23-19+. The molecule has 1 saturated heterocycles. The normalized spacial score (nSPS) is 15.8. The Morgan fingerprint density at radius 3 is 2.64 bits per heavy atom. The molecule has 1 aliphatic heterocycles. The Morgan fingerprint density at radius 1 is 1.21 bits per heavy atom. The minimum absolute atomic E-state index is 0.0386. The van der Waals surface area contributed by atoms with E-state index in [-0.39, 0.29) is 23.0 Å². The van der Waals surface area contributed by atoms with Gasteiger partial charge in [0.2, 0.25) is 5.91 Å². The summed E-state index contributed by atoms with van der Waals surface area (Å²) in [6.45, 7) is 0.790. The van der Waals surface area contributed by atoms with Crippen LogP contribution >= 0.6 is 0 Å². The molecule has 28 heavy (non-hydrogen) atoms. The second kappa shape index (κ2) is 8.52. The monoisotopic (exact) mass is 403 g/mol. The number of hydrogen-bond acceptors (Lipinski definition) is 3. The number of likely N-dealkylation sites (tertiary alicyclic amines) is 1. The van der Waals surface area contributed by atoms with Gasteiger partial charge >= 0.3 is 0 Å². The van der Waals surface area contributed by atoms with Crippen LogP contribution in [-0.2, 0) is 21.2 Å². The quantitative estimate of drug-likeness (QED) is 0.803. The van der Waals surface area contributed by atoms with Crippen LogP contribution in [0.3, 0.4) is 0 Å². The number of aryl methyl sites for hydroxylation is 1. The fourth-order valence-corrected chi connectivity index (χ4v) is 4.11. The van der Waals surface area contributed by atoms with Gasteiger partial charge in [0, 0.05) is 32.1 Å². The topological polar surface area (TPSA) is 78.8 Å². The molecule has 0 spiro atoms. The van der Waals surface area contributed by atoms with Crippen LogP contribution in [0.5, 0.6) is 0 Å². The van der Waals surface area contributed by atoms with Gasteiger partial charge in [0.05, 0.1) is 4.90 Å². The molecule has 0 aliphatic carbocycles. The average molecular weight is 403 g/mol. The molecule has 0 radical (unpaired) electrons. The zero-order valence-corrected chi connectivity index (χ0v) is 16.4. The fraction of sp³-hybridized carbons (Fsp3) is 0.300. The van der Waals surface area contributed by atoms with E-state index in [9.17, 15) is 17.6 Å². The van der Waals surface area contributed by atoms with Gasteiger partial charge in [-0.15, -0.1) is 4.40 Å². The minimum Gasteiger partial charge on any atom is -0.362 e. The van der Waals surface area contributed by atoms with Gasteiger partial charge < -0.3 is 10.2 Å². The van der Waals surface area contributed by atoms with E-state index < -0.39 is 10.0 Å². The lowest BCUT2D eigenvalue weighted by molar-refractivity contribution is -0.116. The first-order valence-electron chi connectivity index (χ1n) is 9.03. The molecule has 1 amide bonds. The van der Waals surface area contributed by atoms with Crippen molar-refractivity contribution in [3.8, 4) is 0 Å². The molecule has 0 saturated carbocycles. The third kappa shape index (κ3) is 5.16. The van der Waals surface area contributed by atoms with Crippen molar-refractivity contribution in [1.82, 2.24) is 4.90 Å². The third-order valence-electron chi connectivity index (χ3n) is 4.53. The van der Waals surface area contributed by atoms with Gasteiger partial charge in [-0.1, -0.05) is 18.2 Å². The number of halogens is 1. The number of carbonyl (C=O) groups excluding carboxylic acids is 1. The van der Waals surface area contributed by atoms with Gasteiger partial charge in [0.1, 0.15) is 11.7 Å². The Balaban J connectivity index is 1.65. The van der Waals surface area contributed by atoms with Gasteiger partial charge in [-0.25, -0.2) is 4.39 Å². The van der Waals surface area contributed by atoms with E-state index in [2.05, 4.69) is 9.71 Å². The summed E-state index contributed by atoms with van der Waals surface area (Å²) in [4.78, 5) is 14.0. The molecule has 0 atom stereocenters. The predicted molar refractivity (Wildman–Crippen MR) is 106 cm³/mol. The highest BCUT2D eigenvalue weighted by molar-refractivity contribution is 7.90. The molecule has 1 N–H and O–H groups in total. The van der Waals surface area contributed by atoms with E-state index in [1.165, 1.54) is 24.3 Å². The van der Waals surface area contributed by atoms with Crippen molar-refractivity contribution >= 4 is 27.5 Å². The summed E-state index contributed by atoms with van der Waals surface area (Å²) >= 11 is 0. The van der Waals surface area contributed by atoms with Crippen molar-refractivity contribution in [3.05, 3.63) is 59.9 Å². The molecule has 1 heterocycles. The minimum atomic E-state index is -3.83.